The number of hydrogen-bond donors (Lipinski definition) is 0. The lowest BCUT2D eigenvalue weighted by atomic mass is 10.0. The van der Waals surface area contributed by atoms with Crippen LogP contribution in [0.25, 0.3) is 5.57 Å². The third kappa shape index (κ3) is 4.23. The van der Waals surface area contributed by atoms with Crippen molar-refractivity contribution in [1.82, 2.24) is 4.31 Å². The van der Waals surface area contributed by atoms with Crippen molar-refractivity contribution in [1.29, 1.82) is 0 Å². The minimum Gasteiger partial charge on any atom is -0.465 e. The third-order valence-corrected chi connectivity index (χ3v) is 4.98. The zero-order chi connectivity index (χ0) is 18.0. The SMILES string of the molecule is CCOC(=O)[C@@H]1C(c2ccccc2)=CCN1S(=O)(=O)OC(C)(C)C. The molecule has 6 nitrogen and oxygen atoms in total. The van der Waals surface area contributed by atoms with E-state index in [4.69, 9.17) is 8.92 Å². The van der Waals surface area contributed by atoms with E-state index in [-0.39, 0.29) is 13.2 Å². The summed E-state index contributed by atoms with van der Waals surface area (Å²) in [5.41, 5.74) is 0.493. The van der Waals surface area contributed by atoms with Crippen molar-refractivity contribution >= 4 is 21.8 Å². The highest BCUT2D eigenvalue weighted by atomic mass is 32.2. The van der Waals surface area contributed by atoms with Crippen molar-refractivity contribution in [3.63, 3.8) is 0 Å². The predicted molar refractivity (Wildman–Crippen MR) is 91.3 cm³/mol. The van der Waals surface area contributed by atoms with Gasteiger partial charge in [-0.2, -0.15) is 12.7 Å². The molecule has 7 heteroatoms. The van der Waals surface area contributed by atoms with E-state index < -0.39 is 27.9 Å². The largest absolute Gasteiger partial charge is 0.465 e. The van der Waals surface area contributed by atoms with Gasteiger partial charge in [0, 0.05) is 6.54 Å². The average molecular weight is 353 g/mol. The molecule has 0 radical (unpaired) electrons. The van der Waals surface area contributed by atoms with Gasteiger partial charge >= 0.3 is 16.3 Å². The second kappa shape index (κ2) is 7.04. The van der Waals surface area contributed by atoms with Gasteiger partial charge in [-0.1, -0.05) is 36.4 Å². The monoisotopic (exact) mass is 353 g/mol. The number of benzene rings is 1. The molecule has 0 N–H and O–H groups in total. The summed E-state index contributed by atoms with van der Waals surface area (Å²) >= 11 is 0. The zero-order valence-electron chi connectivity index (χ0n) is 14.4. The van der Waals surface area contributed by atoms with E-state index in [0.29, 0.717) is 5.57 Å². The van der Waals surface area contributed by atoms with Crippen molar-refractivity contribution in [3.8, 4) is 0 Å². The van der Waals surface area contributed by atoms with Crippen LogP contribution >= 0.6 is 0 Å². The van der Waals surface area contributed by atoms with Crippen LogP contribution < -0.4 is 0 Å². The van der Waals surface area contributed by atoms with Gasteiger partial charge in [-0.15, -0.1) is 0 Å². The van der Waals surface area contributed by atoms with Gasteiger partial charge in [0.05, 0.1) is 12.2 Å². The second-order valence-electron chi connectivity index (χ2n) is 6.40. The molecular formula is C17H23NO5S. The van der Waals surface area contributed by atoms with Gasteiger partial charge in [-0.3, -0.25) is 4.18 Å². The van der Waals surface area contributed by atoms with Gasteiger partial charge in [0.25, 0.3) is 0 Å². The number of carbonyl (C=O) groups excluding carboxylic acids is 1. The molecule has 2 rings (SSSR count). The van der Waals surface area contributed by atoms with E-state index in [1.807, 2.05) is 30.3 Å². The molecule has 1 aliphatic rings. The molecule has 0 fully saturated rings. The average Bonchev–Trinajstić information content (AvgIpc) is 2.91. The molecule has 0 spiro atoms. The lowest BCUT2D eigenvalue weighted by Gasteiger charge is -2.28. The van der Waals surface area contributed by atoms with Crippen molar-refractivity contribution in [2.75, 3.05) is 13.2 Å². The van der Waals surface area contributed by atoms with E-state index in [0.717, 1.165) is 9.87 Å². The molecule has 0 aromatic heterocycles. The first-order valence-corrected chi connectivity index (χ1v) is 9.17. The minimum atomic E-state index is -4.09. The molecule has 0 saturated heterocycles. The van der Waals surface area contributed by atoms with Crippen molar-refractivity contribution < 1.29 is 22.1 Å². The number of hydrogen-bond acceptors (Lipinski definition) is 5. The maximum atomic E-state index is 12.6. The Morgan fingerprint density at radius 1 is 1.25 bits per heavy atom. The van der Waals surface area contributed by atoms with Crippen LogP contribution in [0.4, 0.5) is 0 Å². The summed E-state index contributed by atoms with van der Waals surface area (Å²) in [5.74, 6) is -0.605. The van der Waals surface area contributed by atoms with E-state index in [2.05, 4.69) is 0 Å². The van der Waals surface area contributed by atoms with E-state index in [1.165, 1.54) is 0 Å². The molecule has 132 valence electrons. The van der Waals surface area contributed by atoms with E-state index in [9.17, 15) is 13.2 Å². The molecule has 0 bridgehead atoms. The fourth-order valence-electron chi connectivity index (χ4n) is 2.52. The minimum absolute atomic E-state index is 0.0616. The highest BCUT2D eigenvalue weighted by Crippen LogP contribution is 2.32. The summed E-state index contributed by atoms with van der Waals surface area (Å²) < 4.78 is 36.6. The molecule has 0 amide bonds. The number of esters is 1. The molecule has 0 saturated carbocycles. The van der Waals surface area contributed by atoms with Crippen LogP contribution in [-0.2, 0) is 24.0 Å². The molecular weight excluding hydrogens is 330 g/mol. The summed E-state index contributed by atoms with van der Waals surface area (Å²) in [6, 6.07) is 8.15. The molecule has 1 aromatic rings. The molecule has 24 heavy (non-hydrogen) atoms. The molecule has 1 heterocycles. The Labute approximate surface area is 143 Å². The third-order valence-electron chi connectivity index (χ3n) is 3.33. The summed E-state index contributed by atoms with van der Waals surface area (Å²) in [6.45, 7) is 6.85. The van der Waals surface area contributed by atoms with Gasteiger partial charge < -0.3 is 4.74 Å². The number of nitrogens with zero attached hydrogens (tertiary/aromatic N) is 1. The maximum Gasteiger partial charge on any atom is 0.340 e. The fraction of sp³-hybridized carbons (Fsp3) is 0.471. The Morgan fingerprint density at radius 3 is 2.42 bits per heavy atom. The van der Waals surface area contributed by atoms with Crippen molar-refractivity contribution in [2.24, 2.45) is 0 Å². The lowest BCUT2D eigenvalue weighted by molar-refractivity contribution is -0.145. The summed E-state index contributed by atoms with van der Waals surface area (Å²) in [5, 5.41) is 0. The number of ether oxygens (including phenoxy) is 1. The first kappa shape index (κ1) is 18.6. The highest BCUT2D eigenvalue weighted by molar-refractivity contribution is 7.84. The van der Waals surface area contributed by atoms with Gasteiger partial charge in [0.1, 0.15) is 0 Å². The van der Waals surface area contributed by atoms with Gasteiger partial charge in [0.2, 0.25) is 0 Å². The summed E-state index contributed by atoms with van der Waals surface area (Å²) in [4.78, 5) is 12.4. The number of rotatable bonds is 5. The Balaban J connectivity index is 2.39. The second-order valence-corrected chi connectivity index (χ2v) is 7.89. The lowest BCUT2D eigenvalue weighted by Crippen LogP contribution is -2.45. The Kier molecular flexibility index (Phi) is 5.47. The van der Waals surface area contributed by atoms with Crippen LogP contribution in [0, 0.1) is 0 Å². The fourth-order valence-corrected chi connectivity index (χ4v) is 3.96. The Morgan fingerprint density at radius 2 is 1.88 bits per heavy atom. The number of carbonyl (C=O) groups is 1. The molecule has 0 aliphatic carbocycles. The molecule has 1 aliphatic heterocycles. The zero-order valence-corrected chi connectivity index (χ0v) is 15.2. The standard InChI is InChI=1S/C17H23NO5S/c1-5-22-16(19)15-14(13-9-7-6-8-10-13)11-12-18(15)24(20,21)23-17(2,3)4/h6-11,15H,5,12H2,1-4H3/t15-/m0/s1. The highest BCUT2D eigenvalue weighted by Gasteiger charge is 2.44. The predicted octanol–water partition coefficient (Wildman–Crippen LogP) is 2.38. The van der Waals surface area contributed by atoms with Gasteiger partial charge in [0.15, 0.2) is 6.04 Å². The van der Waals surface area contributed by atoms with Crippen LogP contribution in [0.3, 0.4) is 0 Å². The van der Waals surface area contributed by atoms with Crippen LogP contribution in [0.15, 0.2) is 36.4 Å². The van der Waals surface area contributed by atoms with Crippen LogP contribution in [0.1, 0.15) is 33.3 Å². The first-order valence-electron chi connectivity index (χ1n) is 7.80. The van der Waals surface area contributed by atoms with Crippen LogP contribution in [-0.4, -0.2) is 43.5 Å². The van der Waals surface area contributed by atoms with Crippen LogP contribution in [0.2, 0.25) is 0 Å². The maximum absolute atomic E-state index is 12.6. The first-order chi connectivity index (χ1) is 11.2. The normalized spacial score (nSPS) is 19.2. The molecule has 0 unspecified atom stereocenters. The Bertz CT molecular complexity index is 719. The summed E-state index contributed by atoms with van der Waals surface area (Å²) in [6.07, 6.45) is 1.72. The van der Waals surface area contributed by atoms with Crippen LogP contribution in [0.5, 0.6) is 0 Å². The van der Waals surface area contributed by atoms with Crippen molar-refractivity contribution in [2.45, 2.75) is 39.3 Å². The topological polar surface area (TPSA) is 72.9 Å². The molecule has 1 atom stereocenters. The molecule has 1 aromatic carbocycles. The summed E-state index contributed by atoms with van der Waals surface area (Å²) in [7, 11) is -4.09. The van der Waals surface area contributed by atoms with Gasteiger partial charge in [-0.05, 0) is 38.8 Å². The quantitative estimate of drug-likeness (QED) is 0.760. The Hall–Kier alpha value is -1.70. The smallest absolute Gasteiger partial charge is 0.340 e. The van der Waals surface area contributed by atoms with E-state index >= 15 is 0 Å². The van der Waals surface area contributed by atoms with E-state index in [1.54, 1.807) is 33.8 Å². The van der Waals surface area contributed by atoms with Gasteiger partial charge in [-0.25, -0.2) is 4.79 Å². The van der Waals surface area contributed by atoms with Crippen molar-refractivity contribution in [3.05, 3.63) is 42.0 Å².